The molecule has 1 aromatic carbocycles. The monoisotopic (exact) mass is 315 g/mol. The molecule has 0 bridgehead atoms. The van der Waals surface area contributed by atoms with Gasteiger partial charge in [-0.15, -0.1) is 0 Å². The molecule has 2 heterocycles. The molecule has 1 N–H and O–H groups in total. The molecule has 3 rings (SSSR count). The maximum Gasteiger partial charge on any atom is 0.161 e. The minimum Gasteiger partial charge on any atom is -0.493 e. The molecule has 1 aliphatic heterocycles. The number of hydrogen-bond acceptors (Lipinski definition) is 4. The fourth-order valence-corrected chi connectivity index (χ4v) is 3.35. The summed E-state index contributed by atoms with van der Waals surface area (Å²) in [6.07, 6.45) is 3.96. The van der Waals surface area contributed by atoms with Crippen molar-refractivity contribution < 1.29 is 9.47 Å². The fraction of sp³-hybridized carbons (Fsp3) is 0.500. The average molecular weight is 315 g/mol. The quantitative estimate of drug-likeness (QED) is 0.889. The highest BCUT2D eigenvalue weighted by Gasteiger charge is 2.30. The second-order valence-corrected chi connectivity index (χ2v) is 5.80. The number of hydrogen-bond donors (Lipinski definition) is 1. The Kier molecular flexibility index (Phi) is 4.86. The number of nitrogens with one attached hydrogen (secondary N) is 1. The lowest BCUT2D eigenvalue weighted by Gasteiger charge is -2.35. The van der Waals surface area contributed by atoms with E-state index in [4.69, 9.17) is 9.47 Å². The van der Waals surface area contributed by atoms with E-state index >= 15 is 0 Å². The minimum absolute atomic E-state index is 0.176. The van der Waals surface area contributed by atoms with Crippen molar-refractivity contribution in [3.63, 3.8) is 0 Å². The Morgan fingerprint density at radius 2 is 2.17 bits per heavy atom. The van der Waals surface area contributed by atoms with E-state index in [2.05, 4.69) is 33.9 Å². The van der Waals surface area contributed by atoms with Gasteiger partial charge in [0, 0.05) is 18.7 Å². The van der Waals surface area contributed by atoms with E-state index in [0.717, 1.165) is 43.1 Å². The number of rotatable bonds is 6. The molecule has 0 radical (unpaired) electrons. The fourth-order valence-electron chi connectivity index (χ4n) is 3.35. The van der Waals surface area contributed by atoms with Crippen LogP contribution in [-0.2, 0) is 6.42 Å². The van der Waals surface area contributed by atoms with Gasteiger partial charge in [0.25, 0.3) is 0 Å². The first kappa shape index (κ1) is 15.9. The minimum atomic E-state index is 0.176. The van der Waals surface area contributed by atoms with E-state index in [9.17, 15) is 0 Å². The second kappa shape index (κ2) is 7.04. The number of methoxy groups -OCH3 is 1. The van der Waals surface area contributed by atoms with Crippen LogP contribution in [0, 0.1) is 0 Å². The maximum atomic E-state index is 5.75. The summed E-state index contributed by atoms with van der Waals surface area (Å²) in [4.78, 5) is 10.4. The van der Waals surface area contributed by atoms with Crippen LogP contribution in [0.25, 0.3) is 0 Å². The molecule has 0 fully saturated rings. The van der Waals surface area contributed by atoms with Crippen LogP contribution < -0.4 is 9.47 Å². The Balaban J connectivity index is 2.02. The summed E-state index contributed by atoms with van der Waals surface area (Å²) in [5.74, 6) is 1.57. The summed E-state index contributed by atoms with van der Waals surface area (Å²) >= 11 is 0. The maximum absolute atomic E-state index is 5.75. The lowest BCUT2D eigenvalue weighted by Crippen LogP contribution is -2.36. The van der Waals surface area contributed by atoms with Gasteiger partial charge in [-0.2, -0.15) is 0 Å². The molecule has 0 saturated carbocycles. The third kappa shape index (κ3) is 3.06. The Morgan fingerprint density at radius 3 is 2.91 bits per heavy atom. The van der Waals surface area contributed by atoms with Gasteiger partial charge in [0.15, 0.2) is 11.5 Å². The van der Waals surface area contributed by atoms with Gasteiger partial charge in [-0.25, -0.2) is 4.98 Å². The highest BCUT2D eigenvalue weighted by Crippen LogP contribution is 2.37. The first-order chi connectivity index (χ1) is 11.3. The molecule has 0 aliphatic carbocycles. The largest absolute Gasteiger partial charge is 0.493 e. The molecule has 2 aromatic rings. The standard InChI is InChI=1S/C18H25N3O2/c1-4-9-21-10-8-14-17(20-12-19-14)18(21)13-6-7-15(22-3)16(11-13)23-5-2/h6-7,11-12,18H,4-5,8-10H2,1-3H3,(H,19,20)/t18-/m1/s1. The second-order valence-electron chi connectivity index (χ2n) is 5.80. The average Bonchev–Trinajstić information content (AvgIpc) is 3.04. The smallest absolute Gasteiger partial charge is 0.161 e. The Hall–Kier alpha value is -2.01. The number of aromatic amines is 1. The van der Waals surface area contributed by atoms with E-state index in [-0.39, 0.29) is 6.04 Å². The van der Waals surface area contributed by atoms with E-state index in [1.165, 1.54) is 11.3 Å². The van der Waals surface area contributed by atoms with Crippen molar-refractivity contribution in [2.45, 2.75) is 32.7 Å². The van der Waals surface area contributed by atoms with Gasteiger partial charge in [-0.1, -0.05) is 13.0 Å². The van der Waals surface area contributed by atoms with Crippen molar-refractivity contribution in [3.8, 4) is 11.5 Å². The molecule has 0 amide bonds. The molecule has 1 atom stereocenters. The third-order valence-electron chi connectivity index (χ3n) is 4.34. The van der Waals surface area contributed by atoms with Gasteiger partial charge < -0.3 is 14.5 Å². The van der Waals surface area contributed by atoms with Crippen molar-refractivity contribution in [3.05, 3.63) is 41.5 Å². The number of H-pyrrole nitrogens is 1. The number of fused-ring (bicyclic) bond motifs is 1. The van der Waals surface area contributed by atoms with Crippen LogP contribution in [0.2, 0.25) is 0 Å². The zero-order valence-corrected chi connectivity index (χ0v) is 14.1. The van der Waals surface area contributed by atoms with Crippen LogP contribution in [-0.4, -0.2) is 41.7 Å². The molecule has 5 nitrogen and oxygen atoms in total. The predicted octanol–water partition coefficient (Wildman–Crippen LogP) is 3.17. The van der Waals surface area contributed by atoms with E-state index in [1.807, 2.05) is 13.0 Å². The van der Waals surface area contributed by atoms with Crippen LogP contribution in [0.15, 0.2) is 24.5 Å². The number of nitrogens with zero attached hydrogens (tertiary/aromatic N) is 2. The van der Waals surface area contributed by atoms with E-state index in [1.54, 1.807) is 13.4 Å². The summed E-state index contributed by atoms with van der Waals surface area (Å²) in [5, 5.41) is 0. The van der Waals surface area contributed by atoms with Gasteiger partial charge in [0.1, 0.15) is 0 Å². The van der Waals surface area contributed by atoms with Crippen LogP contribution >= 0.6 is 0 Å². The highest BCUT2D eigenvalue weighted by molar-refractivity contribution is 5.46. The molecule has 0 saturated heterocycles. The van der Waals surface area contributed by atoms with Crippen LogP contribution in [0.3, 0.4) is 0 Å². The van der Waals surface area contributed by atoms with Gasteiger partial charge in [0.2, 0.25) is 0 Å². The molecule has 124 valence electrons. The zero-order valence-electron chi connectivity index (χ0n) is 14.1. The van der Waals surface area contributed by atoms with Crippen molar-refractivity contribution in [1.82, 2.24) is 14.9 Å². The lowest BCUT2D eigenvalue weighted by atomic mass is 9.95. The number of imidazole rings is 1. The van der Waals surface area contributed by atoms with Crippen molar-refractivity contribution in [1.29, 1.82) is 0 Å². The number of benzene rings is 1. The van der Waals surface area contributed by atoms with E-state index in [0.29, 0.717) is 6.61 Å². The summed E-state index contributed by atoms with van der Waals surface area (Å²) in [6.45, 7) is 6.94. The Bertz CT molecular complexity index is 653. The molecule has 1 aliphatic rings. The molecular weight excluding hydrogens is 290 g/mol. The third-order valence-corrected chi connectivity index (χ3v) is 4.34. The first-order valence-electron chi connectivity index (χ1n) is 8.35. The van der Waals surface area contributed by atoms with Gasteiger partial charge in [-0.05, 0) is 37.6 Å². The highest BCUT2D eigenvalue weighted by atomic mass is 16.5. The summed E-state index contributed by atoms with van der Waals surface area (Å²) in [5.41, 5.74) is 3.59. The van der Waals surface area contributed by atoms with Crippen LogP contribution in [0.1, 0.15) is 43.3 Å². The van der Waals surface area contributed by atoms with Crippen LogP contribution in [0.5, 0.6) is 11.5 Å². The van der Waals surface area contributed by atoms with Crippen molar-refractivity contribution >= 4 is 0 Å². The molecule has 1 aromatic heterocycles. The summed E-state index contributed by atoms with van der Waals surface area (Å²) in [6, 6.07) is 6.39. The normalized spacial score (nSPS) is 17.8. The zero-order chi connectivity index (χ0) is 16.2. The summed E-state index contributed by atoms with van der Waals surface area (Å²) < 4.78 is 11.2. The molecule has 0 unspecified atom stereocenters. The Morgan fingerprint density at radius 1 is 1.30 bits per heavy atom. The molecule has 23 heavy (non-hydrogen) atoms. The van der Waals surface area contributed by atoms with Gasteiger partial charge in [0.05, 0.1) is 31.8 Å². The summed E-state index contributed by atoms with van der Waals surface area (Å²) in [7, 11) is 1.67. The lowest BCUT2D eigenvalue weighted by molar-refractivity contribution is 0.209. The van der Waals surface area contributed by atoms with Gasteiger partial charge in [-0.3, -0.25) is 4.90 Å². The SMILES string of the molecule is CCCN1CCc2[nH]cnc2[C@H]1c1ccc(OC)c(OCC)c1. The van der Waals surface area contributed by atoms with E-state index < -0.39 is 0 Å². The molecular formula is C18H25N3O2. The van der Waals surface area contributed by atoms with Crippen molar-refractivity contribution in [2.75, 3.05) is 26.8 Å². The number of ether oxygens (including phenoxy) is 2. The van der Waals surface area contributed by atoms with Gasteiger partial charge >= 0.3 is 0 Å². The van der Waals surface area contributed by atoms with Crippen LogP contribution in [0.4, 0.5) is 0 Å². The van der Waals surface area contributed by atoms with Crippen molar-refractivity contribution in [2.24, 2.45) is 0 Å². The molecule has 5 heteroatoms. The predicted molar refractivity (Wildman–Crippen MR) is 90.2 cm³/mol. The first-order valence-corrected chi connectivity index (χ1v) is 8.35. The molecule has 0 spiro atoms. The topological polar surface area (TPSA) is 50.4 Å². The Labute approximate surface area is 137 Å². The number of aromatic nitrogens is 2.